The maximum Gasteiger partial charge on any atom is 0.252 e. The summed E-state index contributed by atoms with van der Waals surface area (Å²) in [5, 5.41) is 12.1. The van der Waals surface area contributed by atoms with Gasteiger partial charge in [0.25, 0.3) is 5.91 Å². The quantitative estimate of drug-likeness (QED) is 0.812. The summed E-state index contributed by atoms with van der Waals surface area (Å²) in [7, 11) is 0. The minimum absolute atomic E-state index is 0.138. The average Bonchev–Trinajstić information content (AvgIpc) is 2.38. The van der Waals surface area contributed by atoms with Crippen LogP contribution in [0.4, 0.5) is 0 Å². The second kappa shape index (κ2) is 7.11. The Bertz CT molecular complexity index is 374. The molecule has 0 bridgehead atoms. The topological polar surface area (TPSA) is 62.2 Å². The van der Waals surface area contributed by atoms with Crippen molar-refractivity contribution in [1.82, 2.24) is 10.3 Å². The van der Waals surface area contributed by atoms with E-state index >= 15 is 0 Å². The van der Waals surface area contributed by atoms with Crippen molar-refractivity contribution in [3.8, 4) is 0 Å². The average molecular weight is 250 g/mol. The Hall–Kier alpha value is -1.42. The van der Waals surface area contributed by atoms with Crippen LogP contribution in [0.1, 0.15) is 55.6 Å². The number of pyridine rings is 1. The van der Waals surface area contributed by atoms with Crippen LogP contribution in [-0.4, -0.2) is 28.6 Å². The zero-order chi connectivity index (χ0) is 13.5. The molecule has 1 amide bonds. The third-order valence-corrected chi connectivity index (χ3v) is 2.87. The van der Waals surface area contributed by atoms with E-state index in [1.807, 2.05) is 13.0 Å². The fraction of sp³-hybridized carbons (Fsp3) is 0.571. The zero-order valence-electron chi connectivity index (χ0n) is 11.3. The van der Waals surface area contributed by atoms with Gasteiger partial charge in [0.15, 0.2) is 0 Å². The fourth-order valence-electron chi connectivity index (χ4n) is 1.54. The number of carbonyl (C=O) groups is 1. The molecule has 1 heterocycles. The van der Waals surface area contributed by atoms with Crippen molar-refractivity contribution in [2.45, 2.75) is 45.6 Å². The zero-order valence-corrected chi connectivity index (χ0v) is 11.3. The molecule has 0 aliphatic rings. The highest BCUT2D eigenvalue weighted by molar-refractivity contribution is 5.93. The number of hydrogen-bond donors (Lipinski definition) is 2. The Kier molecular flexibility index (Phi) is 5.78. The highest BCUT2D eigenvalue weighted by atomic mass is 16.3. The van der Waals surface area contributed by atoms with Gasteiger partial charge in [0.2, 0.25) is 0 Å². The molecule has 2 N–H and O–H groups in total. The number of carbonyl (C=O) groups excluding carboxylic acids is 1. The highest BCUT2D eigenvalue weighted by Crippen LogP contribution is 2.11. The van der Waals surface area contributed by atoms with Crippen molar-refractivity contribution in [3.63, 3.8) is 0 Å². The Morgan fingerprint density at radius 2 is 2.17 bits per heavy atom. The number of nitrogens with zero attached hydrogens (tertiary/aromatic N) is 1. The smallest absolute Gasteiger partial charge is 0.252 e. The molecule has 4 heteroatoms. The van der Waals surface area contributed by atoms with Gasteiger partial charge in [-0.2, -0.15) is 0 Å². The van der Waals surface area contributed by atoms with Crippen molar-refractivity contribution in [2.75, 3.05) is 6.54 Å². The molecule has 0 saturated carbocycles. The van der Waals surface area contributed by atoms with Gasteiger partial charge in [-0.05, 0) is 30.9 Å². The number of amides is 1. The molecule has 0 aliphatic heterocycles. The molecule has 0 spiro atoms. The van der Waals surface area contributed by atoms with Gasteiger partial charge in [0.05, 0.1) is 11.7 Å². The van der Waals surface area contributed by atoms with Crippen LogP contribution in [0, 0.1) is 0 Å². The first kappa shape index (κ1) is 14.6. The predicted octanol–water partition coefficient (Wildman–Crippen LogP) is 2.10. The van der Waals surface area contributed by atoms with Gasteiger partial charge in [0.1, 0.15) is 0 Å². The molecule has 0 aromatic carbocycles. The lowest BCUT2D eigenvalue weighted by atomic mass is 10.1. The molecule has 4 nitrogen and oxygen atoms in total. The van der Waals surface area contributed by atoms with Crippen LogP contribution >= 0.6 is 0 Å². The van der Waals surface area contributed by atoms with Crippen LogP contribution in [0.3, 0.4) is 0 Å². The summed E-state index contributed by atoms with van der Waals surface area (Å²) in [6.07, 6.45) is 2.55. The largest absolute Gasteiger partial charge is 0.393 e. The summed E-state index contributed by atoms with van der Waals surface area (Å²) in [6.45, 7) is 6.53. The van der Waals surface area contributed by atoms with Crippen molar-refractivity contribution >= 4 is 5.91 Å². The van der Waals surface area contributed by atoms with Gasteiger partial charge in [-0.3, -0.25) is 9.78 Å². The summed E-state index contributed by atoms with van der Waals surface area (Å²) in [5.41, 5.74) is 1.54. The predicted molar refractivity (Wildman–Crippen MR) is 71.6 cm³/mol. The lowest BCUT2D eigenvalue weighted by Crippen LogP contribution is -2.27. The normalized spacial score (nSPS) is 12.5. The SMILES string of the molecule is CCC(O)CCNC(=O)c1ccc(C(C)C)nc1. The first-order valence-electron chi connectivity index (χ1n) is 6.46. The number of aliphatic hydroxyl groups is 1. The molecule has 0 aliphatic carbocycles. The summed E-state index contributed by atoms with van der Waals surface area (Å²) >= 11 is 0. The third kappa shape index (κ3) is 4.45. The van der Waals surface area contributed by atoms with E-state index in [0.717, 1.165) is 5.69 Å². The van der Waals surface area contributed by atoms with Gasteiger partial charge in [-0.1, -0.05) is 20.8 Å². The Morgan fingerprint density at radius 3 is 2.67 bits per heavy atom. The monoisotopic (exact) mass is 250 g/mol. The van der Waals surface area contributed by atoms with Crippen LogP contribution < -0.4 is 5.32 Å². The van der Waals surface area contributed by atoms with Gasteiger partial charge >= 0.3 is 0 Å². The lowest BCUT2D eigenvalue weighted by Gasteiger charge is -2.09. The summed E-state index contributed by atoms with van der Waals surface area (Å²) < 4.78 is 0. The third-order valence-electron chi connectivity index (χ3n) is 2.87. The first-order chi connectivity index (χ1) is 8.54. The Balaban J connectivity index is 2.46. The van der Waals surface area contributed by atoms with E-state index in [1.54, 1.807) is 12.3 Å². The highest BCUT2D eigenvalue weighted by Gasteiger charge is 2.08. The Labute approximate surface area is 108 Å². The number of hydrogen-bond acceptors (Lipinski definition) is 3. The van der Waals surface area contributed by atoms with E-state index in [4.69, 9.17) is 0 Å². The molecule has 1 rings (SSSR count). The van der Waals surface area contributed by atoms with E-state index in [-0.39, 0.29) is 12.0 Å². The molecular formula is C14H22N2O2. The Morgan fingerprint density at radius 1 is 1.44 bits per heavy atom. The minimum Gasteiger partial charge on any atom is -0.393 e. The molecule has 100 valence electrons. The van der Waals surface area contributed by atoms with Crippen LogP contribution in [0.2, 0.25) is 0 Å². The molecule has 1 aromatic rings. The van der Waals surface area contributed by atoms with E-state index in [2.05, 4.69) is 24.1 Å². The molecule has 1 atom stereocenters. The van der Waals surface area contributed by atoms with E-state index in [0.29, 0.717) is 30.9 Å². The van der Waals surface area contributed by atoms with Crippen molar-refractivity contribution in [1.29, 1.82) is 0 Å². The van der Waals surface area contributed by atoms with Crippen molar-refractivity contribution < 1.29 is 9.90 Å². The fourth-order valence-corrected chi connectivity index (χ4v) is 1.54. The standard InChI is InChI=1S/C14H22N2O2/c1-4-12(17)7-8-15-14(18)11-5-6-13(10(2)3)16-9-11/h5-6,9-10,12,17H,4,7-8H2,1-3H3,(H,15,18). The van der Waals surface area contributed by atoms with Crippen LogP contribution in [-0.2, 0) is 0 Å². The van der Waals surface area contributed by atoms with Crippen LogP contribution in [0.5, 0.6) is 0 Å². The molecule has 18 heavy (non-hydrogen) atoms. The van der Waals surface area contributed by atoms with E-state index < -0.39 is 0 Å². The maximum absolute atomic E-state index is 11.8. The number of aliphatic hydroxyl groups excluding tert-OH is 1. The first-order valence-corrected chi connectivity index (χ1v) is 6.46. The van der Waals surface area contributed by atoms with Crippen molar-refractivity contribution in [2.24, 2.45) is 0 Å². The molecular weight excluding hydrogens is 228 g/mol. The number of aromatic nitrogens is 1. The number of nitrogens with one attached hydrogen (secondary N) is 1. The van der Waals surface area contributed by atoms with E-state index in [9.17, 15) is 9.90 Å². The second-order valence-corrected chi connectivity index (χ2v) is 4.73. The van der Waals surface area contributed by atoms with Gasteiger partial charge in [-0.25, -0.2) is 0 Å². The molecule has 0 saturated heterocycles. The maximum atomic E-state index is 11.8. The van der Waals surface area contributed by atoms with Crippen molar-refractivity contribution in [3.05, 3.63) is 29.6 Å². The summed E-state index contributed by atoms with van der Waals surface area (Å²) in [5.74, 6) is 0.225. The minimum atomic E-state index is -0.341. The summed E-state index contributed by atoms with van der Waals surface area (Å²) in [4.78, 5) is 16.0. The van der Waals surface area contributed by atoms with Crippen LogP contribution in [0.25, 0.3) is 0 Å². The molecule has 1 unspecified atom stereocenters. The second-order valence-electron chi connectivity index (χ2n) is 4.73. The lowest BCUT2D eigenvalue weighted by molar-refractivity contribution is 0.0941. The van der Waals surface area contributed by atoms with Gasteiger partial charge in [-0.15, -0.1) is 0 Å². The summed E-state index contributed by atoms with van der Waals surface area (Å²) in [6, 6.07) is 3.66. The molecule has 0 fully saturated rings. The number of rotatable bonds is 6. The van der Waals surface area contributed by atoms with Gasteiger partial charge < -0.3 is 10.4 Å². The molecule has 1 aromatic heterocycles. The van der Waals surface area contributed by atoms with Crippen LogP contribution in [0.15, 0.2) is 18.3 Å². The van der Waals surface area contributed by atoms with Gasteiger partial charge in [0, 0.05) is 18.4 Å². The van der Waals surface area contributed by atoms with E-state index in [1.165, 1.54) is 0 Å². The molecule has 0 radical (unpaired) electrons.